The Labute approximate surface area is 124 Å². The third-order valence-electron chi connectivity index (χ3n) is 4.53. The van der Waals surface area contributed by atoms with Gasteiger partial charge in [0.2, 0.25) is 0 Å². The van der Waals surface area contributed by atoms with Gasteiger partial charge in [-0.25, -0.2) is 0 Å². The van der Waals surface area contributed by atoms with Crippen LogP contribution < -0.4 is 5.73 Å². The number of thioether (sulfide) groups is 1. The fourth-order valence-corrected chi connectivity index (χ4v) is 4.64. The van der Waals surface area contributed by atoms with E-state index in [1.54, 1.807) is 0 Å². The average molecular weight is 288 g/mol. The van der Waals surface area contributed by atoms with Crippen molar-refractivity contribution in [2.75, 3.05) is 45.0 Å². The Morgan fingerprint density at radius 1 is 1.16 bits per heavy atom. The molecule has 1 saturated heterocycles. The Morgan fingerprint density at radius 3 is 2.26 bits per heavy atom. The summed E-state index contributed by atoms with van der Waals surface area (Å²) in [6.45, 7) is 15.8. The van der Waals surface area contributed by atoms with Crippen LogP contribution >= 0.6 is 11.8 Å². The molecule has 4 heteroatoms. The average Bonchev–Trinajstić information content (AvgIpc) is 2.82. The Morgan fingerprint density at radius 2 is 1.84 bits per heavy atom. The van der Waals surface area contributed by atoms with Gasteiger partial charge in [0.1, 0.15) is 0 Å². The van der Waals surface area contributed by atoms with Gasteiger partial charge in [0, 0.05) is 23.1 Å². The molecule has 1 aliphatic rings. The molecular formula is C15H33N3S. The van der Waals surface area contributed by atoms with Gasteiger partial charge in [-0.3, -0.25) is 4.90 Å². The van der Waals surface area contributed by atoms with E-state index in [1.807, 2.05) is 0 Å². The van der Waals surface area contributed by atoms with Crippen LogP contribution in [0.1, 0.15) is 40.5 Å². The normalized spacial score (nSPS) is 27.6. The van der Waals surface area contributed by atoms with Crippen molar-refractivity contribution in [1.29, 1.82) is 0 Å². The summed E-state index contributed by atoms with van der Waals surface area (Å²) in [6.07, 6.45) is 2.52. The first-order valence-electron chi connectivity index (χ1n) is 7.90. The molecule has 0 bridgehead atoms. The van der Waals surface area contributed by atoms with E-state index in [4.69, 9.17) is 5.73 Å². The van der Waals surface area contributed by atoms with Crippen molar-refractivity contribution >= 4 is 11.8 Å². The maximum absolute atomic E-state index is 6.13. The summed E-state index contributed by atoms with van der Waals surface area (Å²) in [6, 6.07) is 0. The van der Waals surface area contributed by atoms with Crippen LogP contribution in [0.15, 0.2) is 0 Å². The first-order valence-corrected chi connectivity index (χ1v) is 8.95. The lowest BCUT2D eigenvalue weighted by Gasteiger charge is -2.40. The number of hydrogen-bond acceptors (Lipinski definition) is 4. The first kappa shape index (κ1) is 17.3. The van der Waals surface area contributed by atoms with E-state index < -0.39 is 0 Å². The van der Waals surface area contributed by atoms with Crippen molar-refractivity contribution in [2.24, 2.45) is 5.73 Å². The van der Waals surface area contributed by atoms with E-state index in [1.165, 1.54) is 31.7 Å². The van der Waals surface area contributed by atoms with Crippen LogP contribution in [-0.4, -0.2) is 65.6 Å². The molecule has 0 amide bonds. The van der Waals surface area contributed by atoms with E-state index in [0.29, 0.717) is 0 Å². The lowest BCUT2D eigenvalue weighted by Crippen LogP contribution is -2.55. The van der Waals surface area contributed by atoms with Gasteiger partial charge in [-0.05, 0) is 45.6 Å². The SMILES string of the molecule is CCN(CC)CCCN(CC)C1(CN)CSC(C)C1. The third-order valence-corrected chi connectivity index (χ3v) is 5.97. The number of likely N-dealkylation sites (N-methyl/N-ethyl adjacent to an activating group) is 1. The van der Waals surface area contributed by atoms with Crippen molar-refractivity contribution in [2.45, 2.75) is 51.3 Å². The number of hydrogen-bond donors (Lipinski definition) is 1. The molecule has 2 unspecified atom stereocenters. The summed E-state index contributed by atoms with van der Waals surface area (Å²) in [7, 11) is 0. The van der Waals surface area contributed by atoms with Gasteiger partial charge in [0.15, 0.2) is 0 Å². The molecule has 0 aromatic heterocycles. The molecule has 0 aromatic carbocycles. The summed E-state index contributed by atoms with van der Waals surface area (Å²) < 4.78 is 0. The van der Waals surface area contributed by atoms with Crippen molar-refractivity contribution in [1.82, 2.24) is 9.80 Å². The molecule has 19 heavy (non-hydrogen) atoms. The summed E-state index contributed by atoms with van der Waals surface area (Å²) in [5.74, 6) is 1.21. The lowest BCUT2D eigenvalue weighted by molar-refractivity contribution is 0.112. The molecule has 0 aliphatic carbocycles. The first-order chi connectivity index (χ1) is 9.11. The highest BCUT2D eigenvalue weighted by atomic mass is 32.2. The van der Waals surface area contributed by atoms with E-state index >= 15 is 0 Å². The Balaban J connectivity index is 2.48. The maximum Gasteiger partial charge on any atom is 0.0432 e. The molecule has 2 atom stereocenters. The summed E-state index contributed by atoms with van der Waals surface area (Å²) in [5.41, 5.74) is 6.39. The monoisotopic (exact) mass is 287 g/mol. The number of nitrogens with zero attached hydrogens (tertiary/aromatic N) is 2. The second kappa shape index (κ2) is 8.50. The fourth-order valence-electron chi connectivity index (χ4n) is 3.20. The van der Waals surface area contributed by atoms with Crippen molar-refractivity contribution in [3.63, 3.8) is 0 Å². The molecule has 1 fully saturated rings. The molecule has 0 spiro atoms. The predicted octanol–water partition coefficient (Wildman–Crippen LogP) is 2.26. The summed E-state index contributed by atoms with van der Waals surface area (Å²) in [5, 5.41) is 0.764. The van der Waals surface area contributed by atoms with Crippen LogP contribution in [0.25, 0.3) is 0 Å². The zero-order chi connectivity index (χ0) is 14.3. The van der Waals surface area contributed by atoms with Gasteiger partial charge >= 0.3 is 0 Å². The van der Waals surface area contributed by atoms with Crippen molar-refractivity contribution in [3.05, 3.63) is 0 Å². The van der Waals surface area contributed by atoms with Crippen LogP contribution in [0.2, 0.25) is 0 Å². The largest absolute Gasteiger partial charge is 0.329 e. The van der Waals surface area contributed by atoms with E-state index in [2.05, 4.69) is 49.3 Å². The molecule has 1 heterocycles. The highest BCUT2D eigenvalue weighted by molar-refractivity contribution is 8.00. The van der Waals surface area contributed by atoms with Crippen LogP contribution in [0.3, 0.4) is 0 Å². The van der Waals surface area contributed by atoms with Gasteiger partial charge in [-0.1, -0.05) is 27.7 Å². The maximum atomic E-state index is 6.13. The highest BCUT2D eigenvalue weighted by Gasteiger charge is 2.40. The Hall–Kier alpha value is 0.230. The van der Waals surface area contributed by atoms with E-state index in [0.717, 1.165) is 31.4 Å². The van der Waals surface area contributed by atoms with Crippen molar-refractivity contribution < 1.29 is 0 Å². The number of rotatable bonds is 9. The van der Waals surface area contributed by atoms with Crippen LogP contribution in [-0.2, 0) is 0 Å². The second-order valence-electron chi connectivity index (χ2n) is 5.71. The van der Waals surface area contributed by atoms with Crippen molar-refractivity contribution in [3.8, 4) is 0 Å². The van der Waals surface area contributed by atoms with Crippen LogP contribution in [0, 0.1) is 0 Å². The Kier molecular flexibility index (Phi) is 7.73. The highest BCUT2D eigenvalue weighted by Crippen LogP contribution is 2.37. The molecule has 0 radical (unpaired) electrons. The minimum atomic E-state index is 0.266. The predicted molar refractivity (Wildman–Crippen MR) is 88.0 cm³/mol. The molecule has 2 N–H and O–H groups in total. The third kappa shape index (κ3) is 4.62. The lowest BCUT2D eigenvalue weighted by atomic mass is 9.93. The molecule has 0 aromatic rings. The van der Waals surface area contributed by atoms with Gasteiger partial charge in [0.25, 0.3) is 0 Å². The molecule has 0 saturated carbocycles. The molecular weight excluding hydrogens is 254 g/mol. The second-order valence-corrected chi connectivity index (χ2v) is 7.14. The minimum Gasteiger partial charge on any atom is -0.329 e. The number of nitrogens with two attached hydrogens (primary N) is 1. The standard InChI is InChI=1S/C15H33N3S/c1-5-17(6-2)9-8-10-18(7-3)15(12-16)11-14(4)19-13-15/h14H,5-13,16H2,1-4H3. The molecule has 114 valence electrons. The quantitative estimate of drug-likeness (QED) is 0.705. The van der Waals surface area contributed by atoms with E-state index in [9.17, 15) is 0 Å². The molecule has 1 rings (SSSR count). The zero-order valence-corrected chi connectivity index (χ0v) is 14.1. The minimum absolute atomic E-state index is 0.266. The molecule has 1 aliphatic heterocycles. The van der Waals surface area contributed by atoms with Gasteiger partial charge < -0.3 is 10.6 Å². The Bertz CT molecular complexity index is 246. The van der Waals surface area contributed by atoms with Gasteiger partial charge in [-0.15, -0.1) is 0 Å². The van der Waals surface area contributed by atoms with Crippen LogP contribution in [0.4, 0.5) is 0 Å². The fraction of sp³-hybridized carbons (Fsp3) is 1.00. The van der Waals surface area contributed by atoms with Gasteiger partial charge in [0.05, 0.1) is 0 Å². The van der Waals surface area contributed by atoms with E-state index in [-0.39, 0.29) is 5.54 Å². The molecule has 3 nitrogen and oxygen atoms in total. The summed E-state index contributed by atoms with van der Waals surface area (Å²) in [4.78, 5) is 5.15. The van der Waals surface area contributed by atoms with Crippen LogP contribution in [0.5, 0.6) is 0 Å². The summed E-state index contributed by atoms with van der Waals surface area (Å²) >= 11 is 2.09. The zero-order valence-electron chi connectivity index (χ0n) is 13.3. The smallest absolute Gasteiger partial charge is 0.0432 e. The van der Waals surface area contributed by atoms with Gasteiger partial charge in [-0.2, -0.15) is 11.8 Å². The topological polar surface area (TPSA) is 32.5 Å².